The summed E-state index contributed by atoms with van der Waals surface area (Å²) in [5.41, 5.74) is 6.58. The Morgan fingerprint density at radius 1 is 1.20 bits per heavy atom. The van der Waals surface area contributed by atoms with E-state index >= 15 is 0 Å². The fraction of sp³-hybridized carbons (Fsp3) is 0.409. The van der Waals surface area contributed by atoms with Crippen LogP contribution in [0.15, 0.2) is 36.4 Å². The van der Waals surface area contributed by atoms with E-state index in [1.54, 1.807) is 0 Å². The lowest BCUT2D eigenvalue weighted by Gasteiger charge is -2.16. The number of aliphatic hydroxyl groups excluding tert-OH is 1. The number of likely N-dealkylation sites (tertiary alicyclic amines) is 1. The highest BCUT2D eigenvalue weighted by atomic mass is 16.3. The van der Waals surface area contributed by atoms with Crippen LogP contribution in [0, 0.1) is 26.7 Å². The first-order valence-corrected chi connectivity index (χ1v) is 10.0. The molecule has 3 heterocycles. The fourth-order valence-corrected chi connectivity index (χ4v) is 4.05. The molecule has 3 N–H and O–H groups in total. The molecule has 2 aromatic heterocycles. The van der Waals surface area contributed by atoms with Crippen molar-refractivity contribution in [2.24, 2.45) is 5.92 Å². The number of aryl methyl sites for hydroxylation is 3. The van der Waals surface area contributed by atoms with E-state index in [0.29, 0.717) is 6.54 Å². The highest BCUT2D eigenvalue weighted by Crippen LogP contribution is 2.23. The molecule has 8 nitrogen and oxygen atoms in total. The van der Waals surface area contributed by atoms with E-state index in [-0.39, 0.29) is 18.5 Å². The van der Waals surface area contributed by atoms with Crippen molar-refractivity contribution in [2.45, 2.75) is 39.8 Å². The van der Waals surface area contributed by atoms with Crippen LogP contribution < -0.4 is 0 Å². The van der Waals surface area contributed by atoms with Crippen LogP contribution in [0.4, 0.5) is 0 Å². The molecule has 1 fully saturated rings. The highest BCUT2D eigenvalue weighted by Gasteiger charge is 2.31. The summed E-state index contributed by atoms with van der Waals surface area (Å²) in [5.74, 6) is 0.229. The molecule has 0 saturated carbocycles. The number of rotatable bonds is 5. The predicted octanol–water partition coefficient (Wildman–Crippen LogP) is 2.26. The van der Waals surface area contributed by atoms with Gasteiger partial charge in [-0.2, -0.15) is 10.2 Å². The number of nitrogens with zero attached hydrogens (tertiary/aromatic N) is 4. The van der Waals surface area contributed by atoms with Gasteiger partial charge in [0.05, 0.1) is 23.2 Å². The largest absolute Gasteiger partial charge is 0.483 e. The normalized spacial score (nSPS) is 18.8. The number of hydrogen-bond donors (Lipinski definition) is 3. The minimum Gasteiger partial charge on any atom is -0.483 e. The summed E-state index contributed by atoms with van der Waals surface area (Å²) in [6.45, 7) is 8.27. The number of nitrogens with one attached hydrogen (secondary N) is 1. The van der Waals surface area contributed by atoms with E-state index in [1.165, 1.54) is 5.56 Å². The van der Waals surface area contributed by atoms with Crippen molar-refractivity contribution in [1.29, 1.82) is 0 Å². The number of H-pyrrole nitrogens is 1. The molecule has 30 heavy (non-hydrogen) atoms. The summed E-state index contributed by atoms with van der Waals surface area (Å²) in [7, 11) is 0. The van der Waals surface area contributed by atoms with Crippen LogP contribution in [0.3, 0.4) is 0 Å². The number of carboxylic acid groups (broad SMARTS) is 1. The monoisotopic (exact) mass is 411 g/mol. The van der Waals surface area contributed by atoms with Crippen molar-refractivity contribution in [2.75, 3.05) is 13.1 Å². The van der Waals surface area contributed by atoms with E-state index in [9.17, 15) is 5.11 Å². The molecule has 0 amide bonds. The first kappa shape index (κ1) is 21.7. The summed E-state index contributed by atoms with van der Waals surface area (Å²) in [6, 6.07) is 12.7. The quantitative estimate of drug-likeness (QED) is 0.556. The second-order valence-corrected chi connectivity index (χ2v) is 7.88. The summed E-state index contributed by atoms with van der Waals surface area (Å²) >= 11 is 0. The third-order valence-corrected chi connectivity index (χ3v) is 5.28. The maximum atomic E-state index is 10.5. The zero-order valence-corrected chi connectivity index (χ0v) is 17.6. The van der Waals surface area contributed by atoms with Gasteiger partial charge in [0.25, 0.3) is 6.47 Å². The second kappa shape index (κ2) is 9.69. The number of carbonyl (C=O) groups is 1. The van der Waals surface area contributed by atoms with Crippen molar-refractivity contribution < 1.29 is 15.0 Å². The molecule has 3 aromatic rings. The van der Waals surface area contributed by atoms with E-state index in [4.69, 9.17) is 9.90 Å². The van der Waals surface area contributed by atoms with Crippen molar-refractivity contribution >= 4 is 6.47 Å². The van der Waals surface area contributed by atoms with Crippen LogP contribution in [0.25, 0.3) is 5.69 Å². The molecule has 0 unspecified atom stereocenters. The third kappa shape index (κ3) is 5.34. The first-order chi connectivity index (χ1) is 14.4. The molecule has 0 bridgehead atoms. The molecular weight excluding hydrogens is 382 g/mol. The van der Waals surface area contributed by atoms with Crippen LogP contribution in [-0.2, 0) is 17.8 Å². The lowest BCUT2D eigenvalue weighted by Crippen LogP contribution is -2.21. The number of aromatic nitrogens is 4. The molecule has 160 valence electrons. The molecule has 1 aliphatic rings. The molecule has 0 radical (unpaired) electrons. The summed E-state index contributed by atoms with van der Waals surface area (Å²) in [6.07, 6.45) is 0.509. The van der Waals surface area contributed by atoms with Gasteiger partial charge in [0.15, 0.2) is 0 Å². The Bertz CT molecular complexity index is 981. The molecule has 1 aromatic carbocycles. The van der Waals surface area contributed by atoms with Gasteiger partial charge in [-0.05, 0) is 57.0 Å². The molecule has 2 atom stereocenters. The Morgan fingerprint density at radius 3 is 2.60 bits per heavy atom. The summed E-state index contributed by atoms with van der Waals surface area (Å²) < 4.78 is 1.99. The van der Waals surface area contributed by atoms with Crippen molar-refractivity contribution in [1.82, 2.24) is 24.9 Å². The smallest absolute Gasteiger partial charge is 0.290 e. The lowest BCUT2D eigenvalue weighted by molar-refractivity contribution is -0.122. The maximum Gasteiger partial charge on any atom is 0.290 e. The highest BCUT2D eigenvalue weighted by molar-refractivity contribution is 5.37. The van der Waals surface area contributed by atoms with Gasteiger partial charge in [-0.1, -0.05) is 12.1 Å². The third-order valence-electron chi connectivity index (χ3n) is 5.28. The van der Waals surface area contributed by atoms with Crippen LogP contribution >= 0.6 is 0 Å². The summed E-state index contributed by atoms with van der Waals surface area (Å²) in [5, 5.41) is 29.2. The summed E-state index contributed by atoms with van der Waals surface area (Å²) in [4.78, 5) is 10.7. The minimum absolute atomic E-state index is 0.229. The first-order valence-electron chi connectivity index (χ1n) is 10.0. The number of aliphatic hydroxyl groups is 1. The van der Waals surface area contributed by atoms with E-state index in [0.717, 1.165) is 48.0 Å². The zero-order valence-electron chi connectivity index (χ0n) is 17.6. The van der Waals surface area contributed by atoms with E-state index in [1.807, 2.05) is 18.5 Å². The Kier molecular flexibility index (Phi) is 7.02. The number of β-amino-alcohol motifs (C(OH)–C–C–N with tert-alkyl or cyclic N) is 1. The molecular formula is C22H29N5O3. The number of hydrogen-bond acceptors (Lipinski definition) is 5. The topological polar surface area (TPSA) is 107 Å². The molecule has 4 rings (SSSR count). The van der Waals surface area contributed by atoms with Gasteiger partial charge in [-0.25, -0.2) is 4.68 Å². The molecule has 8 heteroatoms. The van der Waals surface area contributed by atoms with Gasteiger partial charge in [-0.15, -0.1) is 0 Å². The van der Waals surface area contributed by atoms with Crippen molar-refractivity contribution in [3.05, 3.63) is 64.7 Å². The van der Waals surface area contributed by atoms with Crippen molar-refractivity contribution in [3.8, 4) is 5.69 Å². The number of aromatic amines is 1. The average molecular weight is 412 g/mol. The van der Waals surface area contributed by atoms with Gasteiger partial charge in [0.2, 0.25) is 0 Å². The Hall–Kier alpha value is -2.97. The van der Waals surface area contributed by atoms with Crippen molar-refractivity contribution in [3.63, 3.8) is 0 Å². The van der Waals surface area contributed by atoms with E-state index in [2.05, 4.69) is 63.5 Å². The minimum atomic E-state index is -0.304. The SMILES string of the molecule is Cc1cc(C)n(-c2cccc(CN3C[C@@H](Cc4cc(C)[nH]n4)[C@H](O)C3)c2)n1.O=CO. The van der Waals surface area contributed by atoms with Crippen LogP contribution in [-0.4, -0.2) is 60.8 Å². The second-order valence-electron chi connectivity index (χ2n) is 7.88. The Labute approximate surface area is 176 Å². The Morgan fingerprint density at radius 2 is 1.97 bits per heavy atom. The standard InChI is InChI=1S/C21H27N5O.CH2O2/c1-14-8-19(23-22-14)10-18-12-25(13-21(18)27)11-17-5-4-6-20(9-17)26-16(3)7-15(2)24-26;2-1-3/h4-9,18,21,27H,10-13H2,1-3H3,(H,22,23);1H,(H,2,3)/t18-,21-;/m1./s1. The number of benzene rings is 1. The molecule has 1 saturated heterocycles. The molecule has 1 aliphatic heterocycles. The Balaban J connectivity index is 0.000000806. The van der Waals surface area contributed by atoms with Crippen LogP contribution in [0.5, 0.6) is 0 Å². The van der Waals surface area contributed by atoms with E-state index < -0.39 is 0 Å². The lowest BCUT2D eigenvalue weighted by atomic mass is 10.0. The van der Waals surface area contributed by atoms with Gasteiger partial charge in [0.1, 0.15) is 0 Å². The van der Waals surface area contributed by atoms with Crippen LogP contribution in [0.1, 0.15) is 28.3 Å². The van der Waals surface area contributed by atoms with Gasteiger partial charge in [-0.3, -0.25) is 14.8 Å². The predicted molar refractivity (Wildman–Crippen MR) is 114 cm³/mol. The zero-order chi connectivity index (χ0) is 21.7. The average Bonchev–Trinajstić information content (AvgIpc) is 3.35. The van der Waals surface area contributed by atoms with Crippen LogP contribution in [0.2, 0.25) is 0 Å². The fourth-order valence-electron chi connectivity index (χ4n) is 4.05. The molecule has 0 aliphatic carbocycles. The van der Waals surface area contributed by atoms with Gasteiger partial charge in [0, 0.05) is 36.9 Å². The van der Waals surface area contributed by atoms with Gasteiger partial charge >= 0.3 is 0 Å². The van der Waals surface area contributed by atoms with Gasteiger partial charge < -0.3 is 10.2 Å². The molecule has 0 spiro atoms. The maximum absolute atomic E-state index is 10.5.